The molecule has 8 aromatic carbocycles. The number of aromatic hydroxyl groups is 2. The molecule has 5 heteroatoms. The lowest BCUT2D eigenvalue weighted by atomic mass is 9.92. The molecule has 0 saturated carbocycles. The molecule has 10 rings (SSSR count). The molecular formula is C41H23N3O2. The molecule has 1 aliphatic carbocycles. The SMILES string of the molecule is Oc1ccc(-c2nc(-c3ccc4c5c(cccc35)-c3ccccc3-4)nc(-c3ccc4ccc5cccc6ccc3c4c56)n2)c(O)c1. The van der Waals surface area contributed by atoms with Gasteiger partial charge in [-0.05, 0) is 89.6 Å². The summed E-state index contributed by atoms with van der Waals surface area (Å²) in [4.78, 5) is 15.1. The largest absolute Gasteiger partial charge is 0.508 e. The molecule has 214 valence electrons. The highest BCUT2D eigenvalue weighted by Crippen LogP contribution is 2.49. The molecule has 0 saturated heterocycles. The maximum atomic E-state index is 10.9. The Balaban J connectivity index is 1.27. The first-order chi connectivity index (χ1) is 22.6. The van der Waals surface area contributed by atoms with Crippen LogP contribution in [0.15, 0.2) is 127 Å². The van der Waals surface area contributed by atoms with Crippen molar-refractivity contribution in [2.75, 3.05) is 0 Å². The van der Waals surface area contributed by atoms with E-state index in [0.717, 1.165) is 27.3 Å². The Hall–Kier alpha value is -6.33. The number of rotatable bonds is 3. The van der Waals surface area contributed by atoms with Crippen LogP contribution in [-0.2, 0) is 0 Å². The zero-order chi connectivity index (χ0) is 30.5. The second kappa shape index (κ2) is 9.10. The molecule has 0 unspecified atom stereocenters. The number of nitrogens with zero attached hydrogens (tertiary/aromatic N) is 3. The fourth-order valence-electron chi connectivity index (χ4n) is 7.38. The minimum absolute atomic E-state index is 0.0328. The lowest BCUT2D eigenvalue weighted by molar-refractivity contribution is 0.451. The predicted octanol–water partition coefficient (Wildman–Crippen LogP) is 9.98. The van der Waals surface area contributed by atoms with E-state index in [1.165, 1.54) is 61.3 Å². The normalized spacial score (nSPS) is 12.1. The standard InChI is InChI=1S/C41H23N3O2/c45-25-15-18-34(35(46)21-25)41-43-39(32-17-14-24-12-11-22-5-3-6-23-13-16-31(32)37(24)36(22)23)42-40(44-41)33-20-19-30-27-8-2-1-7-26(27)28-9-4-10-29(33)38(28)30/h1-21,45-46H. The number of aromatic nitrogens is 3. The molecule has 0 radical (unpaired) electrons. The summed E-state index contributed by atoms with van der Waals surface area (Å²) in [6, 6.07) is 42.8. The van der Waals surface area contributed by atoms with Crippen LogP contribution in [0.25, 0.3) is 99.5 Å². The number of phenols is 2. The van der Waals surface area contributed by atoms with E-state index >= 15 is 0 Å². The fraction of sp³-hybridized carbons (Fsp3) is 0. The minimum atomic E-state index is -0.102. The summed E-state index contributed by atoms with van der Waals surface area (Å²) in [5, 5.41) is 30.2. The van der Waals surface area contributed by atoms with Gasteiger partial charge in [-0.25, -0.2) is 15.0 Å². The number of fused-ring (bicyclic) bond motifs is 3. The molecule has 0 amide bonds. The topological polar surface area (TPSA) is 79.1 Å². The van der Waals surface area contributed by atoms with Gasteiger partial charge < -0.3 is 10.2 Å². The van der Waals surface area contributed by atoms with Crippen LogP contribution in [0.4, 0.5) is 0 Å². The molecule has 0 spiro atoms. The minimum Gasteiger partial charge on any atom is -0.508 e. The molecule has 1 heterocycles. The third-order valence-corrected chi connectivity index (χ3v) is 9.42. The monoisotopic (exact) mass is 589 g/mol. The quantitative estimate of drug-likeness (QED) is 0.201. The average Bonchev–Trinajstić information content (AvgIpc) is 3.42. The van der Waals surface area contributed by atoms with Gasteiger partial charge in [-0.1, -0.05) is 97.1 Å². The van der Waals surface area contributed by atoms with Crippen molar-refractivity contribution in [2.45, 2.75) is 0 Å². The van der Waals surface area contributed by atoms with Crippen LogP contribution in [0.5, 0.6) is 11.5 Å². The number of phenolic OH excluding ortho intramolecular Hbond substituents is 2. The highest BCUT2D eigenvalue weighted by atomic mass is 16.3. The van der Waals surface area contributed by atoms with Crippen LogP contribution in [-0.4, -0.2) is 25.2 Å². The molecule has 46 heavy (non-hydrogen) atoms. The third-order valence-electron chi connectivity index (χ3n) is 9.42. The molecular weight excluding hydrogens is 566 g/mol. The zero-order valence-electron chi connectivity index (χ0n) is 24.4. The summed E-state index contributed by atoms with van der Waals surface area (Å²) >= 11 is 0. The van der Waals surface area contributed by atoms with E-state index in [9.17, 15) is 10.2 Å². The zero-order valence-corrected chi connectivity index (χ0v) is 24.4. The summed E-state index contributed by atoms with van der Waals surface area (Å²) in [6.45, 7) is 0. The van der Waals surface area contributed by atoms with E-state index in [0.29, 0.717) is 23.0 Å². The van der Waals surface area contributed by atoms with Crippen LogP contribution in [0.3, 0.4) is 0 Å². The Morgan fingerprint density at radius 3 is 1.57 bits per heavy atom. The first kappa shape index (κ1) is 25.0. The van der Waals surface area contributed by atoms with Crippen LogP contribution >= 0.6 is 0 Å². The van der Waals surface area contributed by atoms with Gasteiger partial charge in [0, 0.05) is 17.2 Å². The van der Waals surface area contributed by atoms with Crippen molar-refractivity contribution in [1.82, 2.24) is 15.0 Å². The van der Waals surface area contributed by atoms with Crippen molar-refractivity contribution in [3.63, 3.8) is 0 Å². The van der Waals surface area contributed by atoms with Gasteiger partial charge in [0.1, 0.15) is 11.5 Å². The van der Waals surface area contributed by atoms with Gasteiger partial charge in [-0.15, -0.1) is 0 Å². The molecule has 9 aromatic rings. The fourth-order valence-corrected chi connectivity index (χ4v) is 7.38. The molecule has 1 aromatic heterocycles. The molecule has 2 N–H and O–H groups in total. The Morgan fingerprint density at radius 1 is 0.348 bits per heavy atom. The van der Waals surface area contributed by atoms with Crippen molar-refractivity contribution < 1.29 is 10.2 Å². The molecule has 1 aliphatic rings. The molecule has 0 fully saturated rings. The lowest BCUT2D eigenvalue weighted by Crippen LogP contribution is -2.01. The van der Waals surface area contributed by atoms with Crippen molar-refractivity contribution >= 4 is 43.1 Å². The average molecular weight is 590 g/mol. The third kappa shape index (κ3) is 3.42. The van der Waals surface area contributed by atoms with Gasteiger partial charge in [0.05, 0.1) is 5.56 Å². The van der Waals surface area contributed by atoms with E-state index in [-0.39, 0.29) is 11.5 Å². The first-order valence-electron chi connectivity index (χ1n) is 15.2. The summed E-state index contributed by atoms with van der Waals surface area (Å²) in [5.74, 6) is 1.22. The molecule has 0 aliphatic heterocycles. The Labute approximate surface area is 263 Å². The van der Waals surface area contributed by atoms with Crippen molar-refractivity contribution in [3.05, 3.63) is 127 Å². The Morgan fingerprint density at radius 2 is 0.848 bits per heavy atom. The number of benzene rings is 8. The number of hydrogen-bond acceptors (Lipinski definition) is 5. The Bertz CT molecular complexity index is 2690. The van der Waals surface area contributed by atoms with Gasteiger partial charge in [-0.2, -0.15) is 0 Å². The van der Waals surface area contributed by atoms with Gasteiger partial charge in [0.15, 0.2) is 17.5 Å². The van der Waals surface area contributed by atoms with Crippen LogP contribution in [0.2, 0.25) is 0 Å². The van der Waals surface area contributed by atoms with Crippen molar-refractivity contribution in [1.29, 1.82) is 0 Å². The molecule has 0 atom stereocenters. The summed E-state index contributed by atoms with van der Waals surface area (Å²) in [6.07, 6.45) is 0. The van der Waals surface area contributed by atoms with Crippen LogP contribution in [0.1, 0.15) is 0 Å². The second-order valence-corrected chi connectivity index (χ2v) is 11.9. The first-order valence-corrected chi connectivity index (χ1v) is 15.2. The second-order valence-electron chi connectivity index (χ2n) is 11.9. The molecule has 5 nitrogen and oxygen atoms in total. The maximum Gasteiger partial charge on any atom is 0.167 e. The highest BCUT2D eigenvalue weighted by molar-refractivity contribution is 6.25. The van der Waals surface area contributed by atoms with Crippen LogP contribution in [0, 0.1) is 0 Å². The van der Waals surface area contributed by atoms with Gasteiger partial charge in [-0.3, -0.25) is 0 Å². The van der Waals surface area contributed by atoms with E-state index < -0.39 is 0 Å². The summed E-state index contributed by atoms with van der Waals surface area (Å²) in [5.41, 5.74) is 7.02. The van der Waals surface area contributed by atoms with E-state index in [4.69, 9.17) is 15.0 Å². The van der Waals surface area contributed by atoms with E-state index in [2.05, 4.69) is 109 Å². The predicted molar refractivity (Wildman–Crippen MR) is 185 cm³/mol. The summed E-state index contributed by atoms with van der Waals surface area (Å²) in [7, 11) is 0. The summed E-state index contributed by atoms with van der Waals surface area (Å²) < 4.78 is 0. The lowest BCUT2D eigenvalue weighted by Gasteiger charge is -2.15. The Kier molecular flexibility index (Phi) is 4.95. The highest BCUT2D eigenvalue weighted by Gasteiger charge is 2.24. The van der Waals surface area contributed by atoms with Gasteiger partial charge >= 0.3 is 0 Å². The molecule has 0 bridgehead atoms. The maximum absolute atomic E-state index is 10.9. The van der Waals surface area contributed by atoms with E-state index in [1.807, 2.05) is 0 Å². The van der Waals surface area contributed by atoms with Crippen molar-refractivity contribution in [3.8, 4) is 67.9 Å². The van der Waals surface area contributed by atoms with Gasteiger partial charge in [0.25, 0.3) is 0 Å². The number of hydrogen-bond donors (Lipinski definition) is 2. The van der Waals surface area contributed by atoms with Gasteiger partial charge in [0.2, 0.25) is 0 Å². The smallest absolute Gasteiger partial charge is 0.167 e. The van der Waals surface area contributed by atoms with Crippen molar-refractivity contribution in [2.24, 2.45) is 0 Å². The van der Waals surface area contributed by atoms with Crippen LogP contribution < -0.4 is 0 Å². The van der Waals surface area contributed by atoms with E-state index in [1.54, 1.807) is 6.07 Å².